The van der Waals surface area contributed by atoms with Crippen molar-refractivity contribution in [1.29, 1.82) is 0 Å². The van der Waals surface area contributed by atoms with Crippen molar-refractivity contribution in [3.05, 3.63) is 12.7 Å². The molecule has 2 aliphatic rings. The van der Waals surface area contributed by atoms with Gasteiger partial charge in [-0.15, -0.1) is 6.58 Å². The summed E-state index contributed by atoms with van der Waals surface area (Å²) in [4.78, 5) is 65.6. The third-order valence-electron chi connectivity index (χ3n) is 7.19. The van der Waals surface area contributed by atoms with E-state index in [1.54, 1.807) is 20.8 Å². The van der Waals surface area contributed by atoms with Crippen LogP contribution in [0.1, 0.15) is 79.6 Å². The number of alkyl carbamates (subject to hydrolysis) is 1. The first-order chi connectivity index (χ1) is 17.3. The number of rotatable bonds is 10. The number of Topliss-reactive ketones (excluding diaryl/α,β-unsaturated/α-hetero) is 1. The molecule has 1 saturated heterocycles. The van der Waals surface area contributed by atoms with E-state index in [0.717, 1.165) is 32.1 Å². The number of hydrogen-bond acceptors (Lipinski definition) is 6. The van der Waals surface area contributed by atoms with Crippen LogP contribution in [0.15, 0.2) is 12.7 Å². The Morgan fingerprint density at radius 2 is 1.68 bits per heavy atom. The standard InChI is InChI=1S/C27H44N4O6/c1-7-11-19(22(32)23(28)33)29-24(34)21-18(16(2)3)14-15-31(21)25(35)20(17-12-9-8-10-13-17)30-26(36)37-27(4,5)6/h7,16-21H,1,8-15H2,2-6H3,(H2,28,33)(H,29,34)(H,30,36)/t18?,19?,20-,21-/m0/s1. The zero-order valence-corrected chi connectivity index (χ0v) is 22.9. The molecule has 208 valence electrons. The van der Waals surface area contributed by atoms with Crippen molar-refractivity contribution in [2.24, 2.45) is 23.5 Å². The van der Waals surface area contributed by atoms with E-state index in [1.807, 2.05) is 13.8 Å². The molecule has 1 aliphatic heterocycles. The summed E-state index contributed by atoms with van der Waals surface area (Å²) in [6.07, 6.45) is 5.96. The molecule has 1 aliphatic carbocycles. The summed E-state index contributed by atoms with van der Waals surface area (Å²) in [5.41, 5.74) is 4.44. The number of carbonyl (C=O) groups is 5. The van der Waals surface area contributed by atoms with E-state index < -0.39 is 47.4 Å². The lowest BCUT2D eigenvalue weighted by atomic mass is 9.83. The lowest BCUT2D eigenvalue weighted by molar-refractivity contribution is -0.144. The van der Waals surface area contributed by atoms with Gasteiger partial charge in [-0.3, -0.25) is 19.2 Å². The molecular formula is C27H44N4O6. The van der Waals surface area contributed by atoms with E-state index in [1.165, 1.54) is 11.0 Å². The molecule has 4 atom stereocenters. The molecule has 0 aromatic carbocycles. The van der Waals surface area contributed by atoms with E-state index in [4.69, 9.17) is 10.5 Å². The fourth-order valence-corrected chi connectivity index (χ4v) is 5.39. The van der Waals surface area contributed by atoms with E-state index in [9.17, 15) is 24.0 Å². The SMILES string of the molecule is C=CCC(NC(=O)[C@@H]1C(C(C)C)CCN1C(=O)[C@@H](NC(=O)OC(C)(C)C)C1CCCCC1)C(=O)C(N)=O. The van der Waals surface area contributed by atoms with Crippen LogP contribution in [0.4, 0.5) is 4.79 Å². The molecule has 1 heterocycles. The van der Waals surface area contributed by atoms with Crippen LogP contribution in [0.2, 0.25) is 0 Å². The van der Waals surface area contributed by atoms with Gasteiger partial charge < -0.3 is 26.0 Å². The second-order valence-corrected chi connectivity index (χ2v) is 11.5. The Hall–Kier alpha value is -2.91. The minimum atomic E-state index is -1.15. The monoisotopic (exact) mass is 520 g/mol. The van der Waals surface area contributed by atoms with Gasteiger partial charge in [0.15, 0.2) is 0 Å². The highest BCUT2D eigenvalue weighted by Crippen LogP contribution is 2.34. The van der Waals surface area contributed by atoms with Crippen molar-refractivity contribution < 1.29 is 28.7 Å². The first kappa shape index (κ1) is 30.3. The number of primary amides is 1. The van der Waals surface area contributed by atoms with Crippen LogP contribution in [-0.2, 0) is 23.9 Å². The predicted molar refractivity (Wildman–Crippen MR) is 139 cm³/mol. The lowest BCUT2D eigenvalue weighted by Gasteiger charge is -2.36. The Labute approximate surface area is 220 Å². The molecule has 37 heavy (non-hydrogen) atoms. The van der Waals surface area contributed by atoms with Crippen LogP contribution >= 0.6 is 0 Å². The maximum absolute atomic E-state index is 14.0. The van der Waals surface area contributed by atoms with Crippen LogP contribution in [0.25, 0.3) is 0 Å². The molecule has 10 heteroatoms. The van der Waals surface area contributed by atoms with Crippen LogP contribution in [0, 0.1) is 17.8 Å². The minimum absolute atomic E-state index is 0.0332. The van der Waals surface area contributed by atoms with Gasteiger partial charge in [-0.05, 0) is 64.2 Å². The van der Waals surface area contributed by atoms with Crippen molar-refractivity contribution in [3.8, 4) is 0 Å². The molecule has 0 aromatic heterocycles. The van der Waals surface area contributed by atoms with Gasteiger partial charge in [0.05, 0.1) is 0 Å². The maximum Gasteiger partial charge on any atom is 0.408 e. The zero-order valence-electron chi connectivity index (χ0n) is 22.9. The van der Waals surface area contributed by atoms with E-state index in [-0.39, 0.29) is 30.1 Å². The summed E-state index contributed by atoms with van der Waals surface area (Å²) in [5, 5.41) is 5.44. The molecule has 2 unspecified atom stereocenters. The van der Waals surface area contributed by atoms with Crippen molar-refractivity contribution in [2.75, 3.05) is 6.54 Å². The van der Waals surface area contributed by atoms with Gasteiger partial charge in [0.1, 0.15) is 23.7 Å². The first-order valence-corrected chi connectivity index (χ1v) is 13.3. The van der Waals surface area contributed by atoms with Crippen molar-refractivity contribution in [2.45, 2.75) is 103 Å². The smallest absolute Gasteiger partial charge is 0.408 e. The number of ether oxygens (including phenoxy) is 1. The molecule has 2 rings (SSSR count). The predicted octanol–water partition coefficient (Wildman–Crippen LogP) is 2.45. The average molecular weight is 521 g/mol. The highest BCUT2D eigenvalue weighted by molar-refractivity contribution is 6.37. The molecule has 0 spiro atoms. The topological polar surface area (TPSA) is 148 Å². The number of likely N-dealkylation sites (tertiary alicyclic amines) is 1. The molecule has 4 N–H and O–H groups in total. The maximum atomic E-state index is 14.0. The third-order valence-corrected chi connectivity index (χ3v) is 7.19. The summed E-state index contributed by atoms with van der Waals surface area (Å²) in [5.74, 6) is -3.08. The average Bonchev–Trinajstić information content (AvgIpc) is 3.26. The van der Waals surface area contributed by atoms with Gasteiger partial charge >= 0.3 is 6.09 Å². The Morgan fingerprint density at radius 1 is 1.05 bits per heavy atom. The molecule has 0 bridgehead atoms. The summed E-state index contributed by atoms with van der Waals surface area (Å²) >= 11 is 0. The second-order valence-electron chi connectivity index (χ2n) is 11.5. The number of carbonyl (C=O) groups excluding carboxylic acids is 5. The van der Waals surface area contributed by atoms with Crippen LogP contribution in [0.5, 0.6) is 0 Å². The quantitative estimate of drug-likeness (QED) is 0.298. The van der Waals surface area contributed by atoms with Crippen molar-refractivity contribution >= 4 is 29.6 Å². The van der Waals surface area contributed by atoms with Crippen molar-refractivity contribution in [1.82, 2.24) is 15.5 Å². The summed E-state index contributed by atoms with van der Waals surface area (Å²) < 4.78 is 5.44. The fourth-order valence-electron chi connectivity index (χ4n) is 5.39. The van der Waals surface area contributed by atoms with Crippen LogP contribution in [-0.4, -0.2) is 64.8 Å². The van der Waals surface area contributed by atoms with Gasteiger partial charge in [-0.1, -0.05) is 39.2 Å². The number of nitrogens with one attached hydrogen (secondary N) is 2. The Kier molecular flexibility index (Phi) is 10.7. The fraction of sp³-hybridized carbons (Fsp3) is 0.741. The minimum Gasteiger partial charge on any atom is -0.444 e. The molecule has 1 saturated carbocycles. The highest BCUT2D eigenvalue weighted by Gasteiger charge is 2.47. The molecule has 0 aromatic rings. The first-order valence-electron chi connectivity index (χ1n) is 13.3. The lowest BCUT2D eigenvalue weighted by Crippen LogP contribution is -2.59. The summed E-state index contributed by atoms with van der Waals surface area (Å²) in [6, 6.07) is -2.83. The van der Waals surface area contributed by atoms with Crippen molar-refractivity contribution in [3.63, 3.8) is 0 Å². The van der Waals surface area contributed by atoms with Gasteiger partial charge in [0, 0.05) is 6.54 Å². The van der Waals surface area contributed by atoms with E-state index >= 15 is 0 Å². The number of ketones is 1. The van der Waals surface area contributed by atoms with E-state index in [0.29, 0.717) is 13.0 Å². The Morgan fingerprint density at radius 3 is 2.19 bits per heavy atom. The third kappa shape index (κ3) is 8.30. The summed E-state index contributed by atoms with van der Waals surface area (Å²) in [7, 11) is 0. The number of hydrogen-bond donors (Lipinski definition) is 3. The van der Waals surface area contributed by atoms with Crippen LogP contribution < -0.4 is 16.4 Å². The number of amides is 4. The highest BCUT2D eigenvalue weighted by atomic mass is 16.6. The normalized spacial score (nSPS) is 22.2. The molecular weight excluding hydrogens is 476 g/mol. The summed E-state index contributed by atoms with van der Waals surface area (Å²) in [6.45, 7) is 13.2. The zero-order chi connectivity index (χ0) is 27.9. The van der Waals surface area contributed by atoms with Gasteiger partial charge in [-0.25, -0.2) is 4.79 Å². The van der Waals surface area contributed by atoms with E-state index in [2.05, 4.69) is 17.2 Å². The van der Waals surface area contributed by atoms with Crippen LogP contribution in [0.3, 0.4) is 0 Å². The van der Waals surface area contributed by atoms with Gasteiger partial charge in [-0.2, -0.15) is 0 Å². The molecule has 0 radical (unpaired) electrons. The largest absolute Gasteiger partial charge is 0.444 e. The van der Waals surface area contributed by atoms with Gasteiger partial charge in [0.2, 0.25) is 17.6 Å². The van der Waals surface area contributed by atoms with Gasteiger partial charge in [0.25, 0.3) is 5.91 Å². The molecule has 10 nitrogen and oxygen atoms in total. The number of nitrogens with zero attached hydrogens (tertiary/aromatic N) is 1. The molecule has 2 fully saturated rings. The Balaban J connectivity index is 2.34. The molecule has 4 amide bonds. The Bertz CT molecular complexity index is 875. The second kappa shape index (κ2) is 13.1. The number of nitrogens with two attached hydrogens (primary N) is 1.